The first-order chi connectivity index (χ1) is 13.6. The third-order valence-electron chi connectivity index (χ3n) is 4.82. The first-order valence-electron chi connectivity index (χ1n) is 9.29. The van der Waals surface area contributed by atoms with Crippen LogP contribution >= 0.6 is 0 Å². The molecule has 2 atom stereocenters. The molecule has 0 aromatic carbocycles. The van der Waals surface area contributed by atoms with E-state index in [2.05, 4.69) is 35.9 Å². The molecular weight excluding hydrogens is 356 g/mol. The fraction of sp³-hybridized carbons (Fsp3) is 0.368. The van der Waals surface area contributed by atoms with Gasteiger partial charge in [-0.3, -0.25) is 4.79 Å². The predicted octanol–water partition coefficient (Wildman–Crippen LogP) is 1.87. The van der Waals surface area contributed by atoms with Gasteiger partial charge in [0.15, 0.2) is 0 Å². The Kier molecular flexibility index (Phi) is 4.96. The fourth-order valence-electron chi connectivity index (χ4n) is 3.32. The molecule has 0 radical (unpaired) electrons. The van der Waals surface area contributed by atoms with Crippen molar-refractivity contribution in [2.24, 2.45) is 0 Å². The second-order valence-electron chi connectivity index (χ2n) is 7.05. The van der Waals surface area contributed by atoms with Gasteiger partial charge in [-0.05, 0) is 51.3 Å². The van der Waals surface area contributed by atoms with Crippen LogP contribution < -0.4 is 16.2 Å². The molecule has 1 aliphatic rings. The Labute approximate surface area is 162 Å². The summed E-state index contributed by atoms with van der Waals surface area (Å²) < 4.78 is 1.36. The van der Waals surface area contributed by atoms with Gasteiger partial charge in [-0.25, -0.2) is 9.97 Å². The average Bonchev–Trinajstić information content (AvgIpc) is 3.13. The molecule has 28 heavy (non-hydrogen) atoms. The van der Waals surface area contributed by atoms with Crippen LogP contribution in [-0.4, -0.2) is 42.0 Å². The summed E-state index contributed by atoms with van der Waals surface area (Å²) in [7, 11) is 0. The molecule has 9 nitrogen and oxygen atoms in total. The number of nitrogens with zero attached hydrogens (tertiary/aromatic N) is 6. The summed E-state index contributed by atoms with van der Waals surface area (Å²) in [6.45, 7) is 3.63. The van der Waals surface area contributed by atoms with E-state index in [4.69, 9.17) is 0 Å². The van der Waals surface area contributed by atoms with E-state index in [-0.39, 0.29) is 5.56 Å². The molecule has 0 amide bonds. The Balaban J connectivity index is 1.37. The first-order valence-corrected chi connectivity index (χ1v) is 9.29. The van der Waals surface area contributed by atoms with E-state index < -0.39 is 0 Å². The number of rotatable bonds is 5. The summed E-state index contributed by atoms with van der Waals surface area (Å²) in [6, 6.07) is 6.04. The Morgan fingerprint density at radius 1 is 1.00 bits per heavy atom. The van der Waals surface area contributed by atoms with Crippen LogP contribution in [0.25, 0.3) is 5.69 Å². The van der Waals surface area contributed by atoms with Gasteiger partial charge in [0.05, 0.1) is 23.8 Å². The van der Waals surface area contributed by atoms with E-state index in [1.807, 2.05) is 19.1 Å². The highest BCUT2D eigenvalue weighted by Crippen LogP contribution is 2.24. The van der Waals surface area contributed by atoms with Crippen molar-refractivity contribution in [1.82, 2.24) is 29.9 Å². The van der Waals surface area contributed by atoms with Gasteiger partial charge < -0.3 is 10.6 Å². The summed E-state index contributed by atoms with van der Waals surface area (Å²) in [6.07, 6.45) is 7.98. The average molecular weight is 378 g/mol. The minimum atomic E-state index is -0.137. The molecule has 1 saturated carbocycles. The number of anilines is 2. The van der Waals surface area contributed by atoms with Gasteiger partial charge in [0.2, 0.25) is 5.95 Å². The first kappa shape index (κ1) is 18.0. The highest BCUT2D eigenvalue weighted by molar-refractivity contribution is 5.41. The van der Waals surface area contributed by atoms with Crippen molar-refractivity contribution < 1.29 is 0 Å². The van der Waals surface area contributed by atoms with Crippen molar-refractivity contribution in [2.75, 3.05) is 10.6 Å². The van der Waals surface area contributed by atoms with E-state index in [0.717, 1.165) is 30.8 Å². The molecule has 2 N–H and O–H groups in total. The number of nitrogens with one attached hydrogen (secondary N) is 2. The summed E-state index contributed by atoms with van der Waals surface area (Å²) in [5, 5.41) is 19.0. The van der Waals surface area contributed by atoms with Crippen LogP contribution in [0.2, 0.25) is 0 Å². The van der Waals surface area contributed by atoms with E-state index in [1.165, 1.54) is 4.68 Å². The zero-order chi connectivity index (χ0) is 19.5. The maximum atomic E-state index is 12.2. The SMILES string of the molecule is Cc1cnc(N[C@H]2CC[C@H](Nc3ccc(-n4nccc(C)c4=O)cn3)C2)nn1. The van der Waals surface area contributed by atoms with Gasteiger partial charge in [-0.2, -0.15) is 14.9 Å². The van der Waals surface area contributed by atoms with Gasteiger partial charge in [0.25, 0.3) is 5.56 Å². The standard InChI is InChI=1S/C19H22N8O/c1-12-7-8-22-27(18(12)28)16-5-6-17(20-11-16)23-14-3-4-15(9-14)24-19-21-10-13(2)25-26-19/h5-8,10-11,14-15H,3-4,9H2,1-2H3,(H,20,23)(H,21,24,26)/t14-,15-/m0/s1. The lowest BCUT2D eigenvalue weighted by Crippen LogP contribution is -2.23. The maximum Gasteiger partial charge on any atom is 0.274 e. The molecule has 0 spiro atoms. The molecule has 1 fully saturated rings. The quantitative estimate of drug-likeness (QED) is 0.692. The molecule has 9 heteroatoms. The molecule has 1 aliphatic carbocycles. The monoisotopic (exact) mass is 378 g/mol. The van der Waals surface area contributed by atoms with Gasteiger partial charge in [0.1, 0.15) is 5.82 Å². The highest BCUT2D eigenvalue weighted by Gasteiger charge is 2.25. The lowest BCUT2D eigenvalue weighted by atomic mass is 10.2. The molecule has 0 saturated heterocycles. The molecular formula is C19H22N8O. The summed E-state index contributed by atoms with van der Waals surface area (Å²) in [5.41, 5.74) is 1.96. The summed E-state index contributed by atoms with van der Waals surface area (Å²) in [4.78, 5) is 20.9. The van der Waals surface area contributed by atoms with E-state index in [0.29, 0.717) is 29.3 Å². The second-order valence-corrected chi connectivity index (χ2v) is 7.05. The Morgan fingerprint density at radius 3 is 2.54 bits per heavy atom. The highest BCUT2D eigenvalue weighted by atomic mass is 16.1. The third kappa shape index (κ3) is 3.98. The van der Waals surface area contributed by atoms with Crippen molar-refractivity contribution >= 4 is 11.8 Å². The van der Waals surface area contributed by atoms with Crippen molar-refractivity contribution in [1.29, 1.82) is 0 Å². The lowest BCUT2D eigenvalue weighted by Gasteiger charge is -2.15. The van der Waals surface area contributed by atoms with Crippen LogP contribution in [0.4, 0.5) is 11.8 Å². The predicted molar refractivity (Wildman–Crippen MR) is 106 cm³/mol. The Morgan fingerprint density at radius 2 is 1.82 bits per heavy atom. The number of pyridine rings is 1. The normalized spacial score (nSPS) is 18.8. The molecule has 0 bridgehead atoms. The van der Waals surface area contributed by atoms with Crippen LogP contribution in [0.1, 0.15) is 30.5 Å². The fourth-order valence-corrected chi connectivity index (χ4v) is 3.32. The molecule has 3 heterocycles. The zero-order valence-corrected chi connectivity index (χ0v) is 15.8. The number of aromatic nitrogens is 6. The van der Waals surface area contributed by atoms with Crippen molar-refractivity contribution in [2.45, 2.75) is 45.2 Å². The van der Waals surface area contributed by atoms with Crippen molar-refractivity contribution in [3.8, 4) is 5.69 Å². The second kappa shape index (κ2) is 7.71. The summed E-state index contributed by atoms with van der Waals surface area (Å²) >= 11 is 0. The van der Waals surface area contributed by atoms with E-state index >= 15 is 0 Å². The van der Waals surface area contributed by atoms with Crippen molar-refractivity contribution in [3.63, 3.8) is 0 Å². The third-order valence-corrected chi connectivity index (χ3v) is 4.82. The number of hydrogen-bond donors (Lipinski definition) is 2. The minimum absolute atomic E-state index is 0.137. The molecule has 0 aliphatic heterocycles. The zero-order valence-electron chi connectivity index (χ0n) is 15.8. The van der Waals surface area contributed by atoms with E-state index in [9.17, 15) is 4.79 Å². The van der Waals surface area contributed by atoms with Crippen LogP contribution in [0.15, 0.2) is 41.6 Å². The number of hydrogen-bond acceptors (Lipinski definition) is 8. The van der Waals surface area contributed by atoms with Crippen LogP contribution in [-0.2, 0) is 0 Å². The lowest BCUT2D eigenvalue weighted by molar-refractivity contribution is 0.712. The molecule has 4 rings (SSSR count). The van der Waals surface area contributed by atoms with Crippen LogP contribution in [0.5, 0.6) is 0 Å². The molecule has 144 valence electrons. The minimum Gasteiger partial charge on any atom is -0.367 e. The Hall–Kier alpha value is -3.36. The van der Waals surface area contributed by atoms with Gasteiger partial charge in [-0.1, -0.05) is 0 Å². The van der Waals surface area contributed by atoms with Crippen LogP contribution in [0.3, 0.4) is 0 Å². The molecule has 0 unspecified atom stereocenters. The number of aryl methyl sites for hydroxylation is 2. The Bertz CT molecular complexity index is 1000. The molecule has 3 aromatic heterocycles. The van der Waals surface area contributed by atoms with Gasteiger partial charge in [0, 0.05) is 23.8 Å². The van der Waals surface area contributed by atoms with Gasteiger partial charge in [-0.15, -0.1) is 5.10 Å². The maximum absolute atomic E-state index is 12.2. The largest absolute Gasteiger partial charge is 0.367 e. The van der Waals surface area contributed by atoms with Crippen LogP contribution in [0, 0.1) is 13.8 Å². The van der Waals surface area contributed by atoms with Gasteiger partial charge >= 0.3 is 0 Å². The summed E-state index contributed by atoms with van der Waals surface area (Å²) in [5.74, 6) is 1.35. The van der Waals surface area contributed by atoms with E-state index in [1.54, 1.807) is 31.6 Å². The van der Waals surface area contributed by atoms with Crippen molar-refractivity contribution in [3.05, 3.63) is 58.4 Å². The molecule has 3 aromatic rings. The smallest absolute Gasteiger partial charge is 0.274 e. The topological polar surface area (TPSA) is 111 Å².